The summed E-state index contributed by atoms with van der Waals surface area (Å²) in [5.74, 6) is 2.29. The molecule has 0 spiro atoms. The van der Waals surface area contributed by atoms with Crippen molar-refractivity contribution >= 4 is 0 Å². The molecule has 0 saturated heterocycles. The van der Waals surface area contributed by atoms with Crippen LogP contribution in [0.15, 0.2) is 0 Å². The van der Waals surface area contributed by atoms with Gasteiger partial charge in [-0.3, -0.25) is 0 Å². The SMILES string of the molecule is CCOCC(NC1CCCCC1C(C)C)C(C)C. The molecule has 2 nitrogen and oxygen atoms in total. The van der Waals surface area contributed by atoms with E-state index in [9.17, 15) is 0 Å². The standard InChI is InChI=1S/C16H33NO/c1-6-18-11-16(13(4)5)17-15-10-8-7-9-14(15)12(2)3/h12-17H,6-11H2,1-5H3. The molecule has 0 aliphatic heterocycles. The fourth-order valence-electron chi connectivity index (χ4n) is 3.12. The third-order valence-corrected chi connectivity index (χ3v) is 4.41. The molecule has 1 N–H and O–H groups in total. The van der Waals surface area contributed by atoms with E-state index in [0.29, 0.717) is 18.0 Å². The van der Waals surface area contributed by atoms with E-state index in [1.165, 1.54) is 25.7 Å². The summed E-state index contributed by atoms with van der Waals surface area (Å²) in [4.78, 5) is 0. The van der Waals surface area contributed by atoms with Crippen molar-refractivity contribution in [2.24, 2.45) is 17.8 Å². The Morgan fingerprint density at radius 1 is 1.11 bits per heavy atom. The van der Waals surface area contributed by atoms with Crippen LogP contribution >= 0.6 is 0 Å². The van der Waals surface area contributed by atoms with Gasteiger partial charge in [0, 0.05) is 18.7 Å². The minimum atomic E-state index is 0.509. The molecule has 2 heteroatoms. The Kier molecular flexibility index (Phi) is 7.25. The molecule has 3 unspecified atom stereocenters. The predicted octanol–water partition coefficient (Wildman–Crippen LogP) is 3.85. The minimum Gasteiger partial charge on any atom is -0.380 e. The van der Waals surface area contributed by atoms with Gasteiger partial charge >= 0.3 is 0 Å². The van der Waals surface area contributed by atoms with Crippen LogP contribution < -0.4 is 5.32 Å². The summed E-state index contributed by atoms with van der Waals surface area (Å²) in [6.45, 7) is 13.1. The van der Waals surface area contributed by atoms with E-state index in [4.69, 9.17) is 4.74 Å². The molecule has 0 amide bonds. The van der Waals surface area contributed by atoms with Crippen LogP contribution in [0.5, 0.6) is 0 Å². The molecule has 0 aromatic carbocycles. The van der Waals surface area contributed by atoms with Gasteiger partial charge in [-0.1, -0.05) is 40.5 Å². The van der Waals surface area contributed by atoms with Crippen LogP contribution in [0.4, 0.5) is 0 Å². The van der Waals surface area contributed by atoms with E-state index in [-0.39, 0.29) is 0 Å². The smallest absolute Gasteiger partial charge is 0.0622 e. The fourth-order valence-corrected chi connectivity index (χ4v) is 3.12. The van der Waals surface area contributed by atoms with E-state index >= 15 is 0 Å². The first-order valence-corrected chi connectivity index (χ1v) is 7.90. The predicted molar refractivity (Wildman–Crippen MR) is 78.8 cm³/mol. The molecule has 0 aromatic heterocycles. The van der Waals surface area contributed by atoms with Crippen molar-refractivity contribution < 1.29 is 4.74 Å². The van der Waals surface area contributed by atoms with Gasteiger partial charge in [0.15, 0.2) is 0 Å². The summed E-state index contributed by atoms with van der Waals surface area (Å²) in [6, 6.07) is 1.21. The van der Waals surface area contributed by atoms with Crippen LogP contribution in [0.25, 0.3) is 0 Å². The van der Waals surface area contributed by atoms with E-state index in [2.05, 4.69) is 39.9 Å². The summed E-state index contributed by atoms with van der Waals surface area (Å²) < 4.78 is 5.63. The molecule has 1 aliphatic carbocycles. The lowest BCUT2D eigenvalue weighted by atomic mass is 9.77. The molecule has 108 valence electrons. The van der Waals surface area contributed by atoms with Gasteiger partial charge in [-0.25, -0.2) is 0 Å². The van der Waals surface area contributed by atoms with E-state index in [1.54, 1.807) is 0 Å². The van der Waals surface area contributed by atoms with Gasteiger partial charge in [0.25, 0.3) is 0 Å². The van der Waals surface area contributed by atoms with Crippen molar-refractivity contribution in [1.82, 2.24) is 5.32 Å². The zero-order valence-electron chi connectivity index (χ0n) is 13.0. The topological polar surface area (TPSA) is 21.3 Å². The molecule has 1 rings (SSSR count). The molecule has 0 radical (unpaired) electrons. The zero-order valence-corrected chi connectivity index (χ0v) is 13.0. The normalized spacial score (nSPS) is 26.8. The van der Waals surface area contributed by atoms with Gasteiger partial charge in [0.2, 0.25) is 0 Å². The van der Waals surface area contributed by atoms with Crippen molar-refractivity contribution in [3.05, 3.63) is 0 Å². The summed E-state index contributed by atoms with van der Waals surface area (Å²) in [5, 5.41) is 3.90. The zero-order chi connectivity index (χ0) is 13.5. The summed E-state index contributed by atoms with van der Waals surface area (Å²) in [7, 11) is 0. The van der Waals surface area contributed by atoms with E-state index < -0.39 is 0 Å². The summed E-state index contributed by atoms with van der Waals surface area (Å²) in [5.41, 5.74) is 0. The number of ether oxygens (including phenoxy) is 1. The highest BCUT2D eigenvalue weighted by Crippen LogP contribution is 2.30. The third-order valence-electron chi connectivity index (χ3n) is 4.41. The molecular weight excluding hydrogens is 222 g/mol. The van der Waals surface area contributed by atoms with Crippen LogP contribution in [0.1, 0.15) is 60.3 Å². The molecule has 3 atom stereocenters. The van der Waals surface area contributed by atoms with Crippen molar-refractivity contribution in [3.63, 3.8) is 0 Å². The number of nitrogens with one attached hydrogen (secondary N) is 1. The number of rotatable bonds is 7. The average Bonchev–Trinajstić information content (AvgIpc) is 2.34. The molecule has 1 fully saturated rings. The molecule has 1 saturated carbocycles. The average molecular weight is 255 g/mol. The largest absolute Gasteiger partial charge is 0.380 e. The lowest BCUT2D eigenvalue weighted by molar-refractivity contribution is 0.0882. The molecule has 1 aliphatic rings. The third kappa shape index (κ3) is 4.89. The maximum Gasteiger partial charge on any atom is 0.0622 e. The Labute approximate surface area is 114 Å². The van der Waals surface area contributed by atoms with Gasteiger partial charge in [-0.15, -0.1) is 0 Å². The Balaban J connectivity index is 2.53. The van der Waals surface area contributed by atoms with Gasteiger partial charge in [-0.2, -0.15) is 0 Å². The lowest BCUT2D eigenvalue weighted by Crippen LogP contribution is -2.49. The second-order valence-corrected chi connectivity index (χ2v) is 6.48. The van der Waals surface area contributed by atoms with Gasteiger partial charge in [-0.05, 0) is 37.5 Å². The van der Waals surface area contributed by atoms with Crippen LogP contribution in [-0.2, 0) is 4.74 Å². The van der Waals surface area contributed by atoms with Crippen molar-refractivity contribution in [2.75, 3.05) is 13.2 Å². The van der Waals surface area contributed by atoms with Gasteiger partial charge in [0.05, 0.1) is 6.61 Å². The Morgan fingerprint density at radius 2 is 1.78 bits per heavy atom. The second kappa shape index (κ2) is 8.16. The highest BCUT2D eigenvalue weighted by atomic mass is 16.5. The highest BCUT2D eigenvalue weighted by molar-refractivity contribution is 4.86. The summed E-state index contributed by atoms with van der Waals surface area (Å²) >= 11 is 0. The maximum atomic E-state index is 5.63. The molecule has 18 heavy (non-hydrogen) atoms. The number of hydrogen-bond acceptors (Lipinski definition) is 2. The Bertz CT molecular complexity index is 215. The van der Waals surface area contributed by atoms with Crippen LogP contribution in [0.3, 0.4) is 0 Å². The molecule has 0 aromatic rings. The Hall–Kier alpha value is -0.0800. The monoisotopic (exact) mass is 255 g/mol. The Morgan fingerprint density at radius 3 is 2.33 bits per heavy atom. The van der Waals surface area contributed by atoms with Crippen LogP contribution in [0.2, 0.25) is 0 Å². The van der Waals surface area contributed by atoms with Crippen LogP contribution in [-0.4, -0.2) is 25.3 Å². The lowest BCUT2D eigenvalue weighted by Gasteiger charge is -2.38. The van der Waals surface area contributed by atoms with E-state index in [0.717, 1.165) is 25.0 Å². The van der Waals surface area contributed by atoms with Crippen molar-refractivity contribution in [2.45, 2.75) is 72.4 Å². The quantitative estimate of drug-likeness (QED) is 0.746. The summed E-state index contributed by atoms with van der Waals surface area (Å²) in [6.07, 6.45) is 5.55. The molecule has 0 heterocycles. The first kappa shape index (κ1) is 16.0. The minimum absolute atomic E-state index is 0.509. The first-order valence-electron chi connectivity index (χ1n) is 7.90. The first-order chi connectivity index (χ1) is 8.56. The van der Waals surface area contributed by atoms with Crippen molar-refractivity contribution in [3.8, 4) is 0 Å². The van der Waals surface area contributed by atoms with Gasteiger partial charge in [0.1, 0.15) is 0 Å². The van der Waals surface area contributed by atoms with Crippen molar-refractivity contribution in [1.29, 1.82) is 0 Å². The number of hydrogen-bond donors (Lipinski definition) is 1. The highest BCUT2D eigenvalue weighted by Gasteiger charge is 2.29. The maximum absolute atomic E-state index is 5.63. The molecule has 0 bridgehead atoms. The fraction of sp³-hybridized carbons (Fsp3) is 1.00. The van der Waals surface area contributed by atoms with Gasteiger partial charge < -0.3 is 10.1 Å². The van der Waals surface area contributed by atoms with Crippen LogP contribution in [0, 0.1) is 17.8 Å². The second-order valence-electron chi connectivity index (χ2n) is 6.48. The van der Waals surface area contributed by atoms with E-state index in [1.807, 2.05) is 0 Å². The molecular formula is C16H33NO.